The standard InChI is InChI=1S/C25H26O5/c1-16(2)5-4-13-25(3)14-12-19-23(30-25)11-8-18(24(19)29)20(26)9-6-17-7-10-21(27)22(28)15-17/h5-12,14-15,27-29H,4,13H2,1-3H3. The second-order valence-corrected chi connectivity index (χ2v) is 7.89. The Hall–Kier alpha value is -3.47. The number of hydrogen-bond donors (Lipinski definition) is 3. The molecule has 0 bridgehead atoms. The first kappa shape index (κ1) is 21.2. The number of hydrogen-bond acceptors (Lipinski definition) is 5. The van der Waals surface area contributed by atoms with E-state index in [1.54, 1.807) is 24.3 Å². The van der Waals surface area contributed by atoms with E-state index in [1.165, 1.54) is 29.9 Å². The molecule has 0 aliphatic carbocycles. The fourth-order valence-electron chi connectivity index (χ4n) is 3.27. The largest absolute Gasteiger partial charge is 0.506 e. The Labute approximate surface area is 176 Å². The van der Waals surface area contributed by atoms with Crippen LogP contribution in [-0.2, 0) is 0 Å². The summed E-state index contributed by atoms with van der Waals surface area (Å²) in [5.74, 6) is -0.466. The van der Waals surface area contributed by atoms with Crippen molar-refractivity contribution in [1.29, 1.82) is 0 Å². The summed E-state index contributed by atoms with van der Waals surface area (Å²) in [6.45, 7) is 6.12. The van der Waals surface area contributed by atoms with Gasteiger partial charge in [-0.15, -0.1) is 0 Å². The van der Waals surface area contributed by atoms with Crippen molar-refractivity contribution in [2.45, 2.75) is 39.2 Å². The molecule has 5 heteroatoms. The molecule has 1 atom stereocenters. The lowest BCUT2D eigenvalue weighted by atomic mass is 9.93. The maximum atomic E-state index is 12.6. The third kappa shape index (κ3) is 4.74. The third-order valence-electron chi connectivity index (χ3n) is 5.01. The van der Waals surface area contributed by atoms with Crippen molar-refractivity contribution in [3.05, 3.63) is 70.8 Å². The monoisotopic (exact) mass is 406 g/mol. The van der Waals surface area contributed by atoms with Crippen LogP contribution in [0.4, 0.5) is 0 Å². The van der Waals surface area contributed by atoms with Crippen molar-refractivity contribution in [2.75, 3.05) is 0 Å². The molecular weight excluding hydrogens is 380 g/mol. The molecule has 0 spiro atoms. The molecule has 0 saturated carbocycles. The topological polar surface area (TPSA) is 87.0 Å². The number of carbonyl (C=O) groups excluding carboxylic acids is 1. The summed E-state index contributed by atoms with van der Waals surface area (Å²) in [4.78, 5) is 12.6. The van der Waals surface area contributed by atoms with E-state index in [0.29, 0.717) is 16.9 Å². The van der Waals surface area contributed by atoms with Gasteiger partial charge in [-0.2, -0.15) is 0 Å². The van der Waals surface area contributed by atoms with Gasteiger partial charge < -0.3 is 20.1 Å². The predicted octanol–water partition coefficient (Wildman–Crippen LogP) is 5.61. The Morgan fingerprint density at radius 3 is 2.57 bits per heavy atom. The van der Waals surface area contributed by atoms with Gasteiger partial charge in [-0.05, 0) is 81.7 Å². The maximum Gasteiger partial charge on any atom is 0.189 e. The Balaban J connectivity index is 1.79. The summed E-state index contributed by atoms with van der Waals surface area (Å²) in [7, 11) is 0. The molecule has 0 saturated heterocycles. The van der Waals surface area contributed by atoms with Gasteiger partial charge in [0.25, 0.3) is 0 Å². The lowest BCUT2D eigenvalue weighted by Gasteiger charge is -2.32. The second kappa shape index (κ2) is 8.49. The number of carbonyl (C=O) groups is 1. The van der Waals surface area contributed by atoms with E-state index in [1.807, 2.05) is 13.0 Å². The van der Waals surface area contributed by atoms with Crippen LogP contribution in [-0.4, -0.2) is 26.7 Å². The number of fused-ring (bicyclic) bond motifs is 1. The van der Waals surface area contributed by atoms with Crippen LogP contribution < -0.4 is 4.74 Å². The maximum absolute atomic E-state index is 12.6. The van der Waals surface area contributed by atoms with Gasteiger partial charge >= 0.3 is 0 Å². The molecule has 1 unspecified atom stereocenters. The molecule has 2 aromatic rings. The zero-order valence-corrected chi connectivity index (χ0v) is 17.3. The molecule has 0 fully saturated rings. The van der Waals surface area contributed by atoms with Crippen LogP contribution in [0.2, 0.25) is 0 Å². The number of benzene rings is 2. The number of phenolic OH excluding ortho intramolecular Hbond substituents is 3. The van der Waals surface area contributed by atoms with Crippen LogP contribution in [0.5, 0.6) is 23.0 Å². The van der Waals surface area contributed by atoms with Crippen LogP contribution in [0.1, 0.15) is 55.1 Å². The zero-order chi connectivity index (χ0) is 21.9. The number of ether oxygens (including phenoxy) is 1. The molecule has 1 aliphatic rings. The van der Waals surface area contributed by atoms with E-state index in [2.05, 4.69) is 19.9 Å². The average Bonchev–Trinajstić information content (AvgIpc) is 2.68. The first-order valence-corrected chi connectivity index (χ1v) is 9.80. The lowest BCUT2D eigenvalue weighted by Crippen LogP contribution is -2.31. The van der Waals surface area contributed by atoms with E-state index in [4.69, 9.17) is 4.74 Å². The highest BCUT2D eigenvalue weighted by atomic mass is 16.5. The zero-order valence-electron chi connectivity index (χ0n) is 17.3. The summed E-state index contributed by atoms with van der Waals surface area (Å²) in [5, 5.41) is 29.5. The van der Waals surface area contributed by atoms with Gasteiger partial charge in [0.2, 0.25) is 0 Å². The van der Waals surface area contributed by atoms with Gasteiger partial charge in [0.05, 0.1) is 11.1 Å². The van der Waals surface area contributed by atoms with Crippen molar-refractivity contribution >= 4 is 17.9 Å². The molecule has 2 aromatic carbocycles. The smallest absolute Gasteiger partial charge is 0.189 e. The summed E-state index contributed by atoms with van der Waals surface area (Å²) in [6, 6.07) is 7.50. The van der Waals surface area contributed by atoms with Crippen LogP contribution in [0.3, 0.4) is 0 Å². The fraction of sp³-hybridized carbons (Fsp3) is 0.240. The summed E-state index contributed by atoms with van der Waals surface area (Å²) in [6.07, 6.45) is 10.4. The molecule has 0 aromatic heterocycles. The second-order valence-electron chi connectivity index (χ2n) is 7.89. The molecular formula is C25H26O5. The molecule has 3 N–H and O–H groups in total. The summed E-state index contributed by atoms with van der Waals surface area (Å²) < 4.78 is 6.11. The van der Waals surface area contributed by atoms with Gasteiger partial charge in [0, 0.05) is 0 Å². The molecule has 1 aliphatic heterocycles. The SMILES string of the molecule is CC(C)=CCCC1(C)C=Cc2c(ccc(C(=O)C=Cc3ccc(O)c(O)c3)c2O)O1. The first-order valence-electron chi connectivity index (χ1n) is 9.80. The van der Waals surface area contributed by atoms with Crippen molar-refractivity contribution in [1.82, 2.24) is 0 Å². The molecule has 0 radical (unpaired) electrons. The van der Waals surface area contributed by atoms with Gasteiger partial charge in [-0.25, -0.2) is 0 Å². The molecule has 3 rings (SSSR count). The summed E-state index contributed by atoms with van der Waals surface area (Å²) >= 11 is 0. The highest BCUT2D eigenvalue weighted by Crippen LogP contribution is 2.40. The minimum absolute atomic E-state index is 0.127. The van der Waals surface area contributed by atoms with Crippen molar-refractivity contribution in [3.8, 4) is 23.0 Å². The van der Waals surface area contributed by atoms with E-state index in [0.717, 1.165) is 12.8 Å². The minimum Gasteiger partial charge on any atom is -0.506 e. The van der Waals surface area contributed by atoms with E-state index < -0.39 is 5.60 Å². The quantitative estimate of drug-likeness (QED) is 0.251. The molecule has 156 valence electrons. The van der Waals surface area contributed by atoms with E-state index in [9.17, 15) is 20.1 Å². The Kier molecular flexibility index (Phi) is 6.01. The third-order valence-corrected chi connectivity index (χ3v) is 5.01. The fourth-order valence-corrected chi connectivity index (χ4v) is 3.27. The minimum atomic E-state index is -0.475. The number of phenols is 3. The number of rotatable bonds is 6. The van der Waals surface area contributed by atoms with Crippen molar-refractivity contribution < 1.29 is 24.9 Å². The van der Waals surface area contributed by atoms with Gasteiger partial charge in [-0.3, -0.25) is 4.79 Å². The number of ketones is 1. The van der Waals surface area contributed by atoms with Crippen LogP contribution in [0, 0.1) is 0 Å². The van der Waals surface area contributed by atoms with E-state index in [-0.39, 0.29) is 28.6 Å². The Bertz CT molecular complexity index is 1060. The number of aromatic hydroxyl groups is 3. The molecule has 0 amide bonds. The van der Waals surface area contributed by atoms with Gasteiger partial charge in [0.1, 0.15) is 17.1 Å². The predicted molar refractivity (Wildman–Crippen MR) is 118 cm³/mol. The van der Waals surface area contributed by atoms with Crippen LogP contribution >= 0.6 is 0 Å². The highest BCUT2D eigenvalue weighted by molar-refractivity contribution is 6.09. The molecule has 30 heavy (non-hydrogen) atoms. The lowest BCUT2D eigenvalue weighted by molar-refractivity contribution is 0.104. The van der Waals surface area contributed by atoms with Gasteiger partial charge in [-0.1, -0.05) is 23.8 Å². The Morgan fingerprint density at radius 2 is 1.87 bits per heavy atom. The van der Waals surface area contributed by atoms with Gasteiger partial charge in [0.15, 0.2) is 17.3 Å². The first-order chi connectivity index (χ1) is 14.2. The highest BCUT2D eigenvalue weighted by Gasteiger charge is 2.29. The van der Waals surface area contributed by atoms with Crippen LogP contribution in [0.15, 0.2) is 54.1 Å². The molecule has 1 heterocycles. The van der Waals surface area contributed by atoms with E-state index >= 15 is 0 Å². The normalized spacial score (nSPS) is 17.4. The van der Waals surface area contributed by atoms with Crippen molar-refractivity contribution in [2.24, 2.45) is 0 Å². The summed E-state index contributed by atoms with van der Waals surface area (Å²) in [5.41, 5.74) is 1.98. The van der Waals surface area contributed by atoms with Crippen LogP contribution in [0.25, 0.3) is 12.2 Å². The number of allylic oxidation sites excluding steroid dienone is 3. The molecule has 5 nitrogen and oxygen atoms in total. The average molecular weight is 406 g/mol. The van der Waals surface area contributed by atoms with Crippen molar-refractivity contribution in [3.63, 3.8) is 0 Å². The Morgan fingerprint density at radius 1 is 1.10 bits per heavy atom.